The lowest BCUT2D eigenvalue weighted by Crippen LogP contribution is -2.30. The van der Waals surface area contributed by atoms with E-state index < -0.39 is 6.10 Å². The summed E-state index contributed by atoms with van der Waals surface area (Å²) in [5.74, 6) is 0. The van der Waals surface area contributed by atoms with E-state index in [1.165, 1.54) is 0 Å². The second-order valence-electron chi connectivity index (χ2n) is 5.97. The Labute approximate surface area is 153 Å². The van der Waals surface area contributed by atoms with Crippen molar-refractivity contribution in [3.63, 3.8) is 0 Å². The third kappa shape index (κ3) is 5.09. The highest BCUT2D eigenvalue weighted by Crippen LogP contribution is 2.36. The molecule has 1 unspecified atom stereocenters. The molecule has 142 valence electrons. The van der Waals surface area contributed by atoms with E-state index in [2.05, 4.69) is 5.32 Å². The first-order chi connectivity index (χ1) is 12.6. The summed E-state index contributed by atoms with van der Waals surface area (Å²) in [6, 6.07) is 13.1. The lowest BCUT2D eigenvalue weighted by molar-refractivity contribution is 0.105. The molecule has 26 heavy (non-hydrogen) atoms. The molecule has 2 rings (SSSR count). The van der Waals surface area contributed by atoms with E-state index in [-0.39, 0.29) is 26.4 Å². The molecule has 7 N–H and O–H groups in total. The summed E-state index contributed by atoms with van der Waals surface area (Å²) in [6.07, 6.45) is -0.865. The topological polar surface area (TPSA) is 122 Å². The summed E-state index contributed by atoms with van der Waals surface area (Å²) in [7, 11) is 0. The second-order valence-corrected chi connectivity index (χ2v) is 5.97. The number of para-hydroxylation sites is 1. The number of hydrogen-bond donors (Lipinski definition) is 6. The van der Waals surface area contributed by atoms with Crippen molar-refractivity contribution in [2.24, 2.45) is 0 Å². The van der Waals surface area contributed by atoms with Crippen LogP contribution in [0.2, 0.25) is 0 Å². The molecule has 0 fully saturated rings. The van der Waals surface area contributed by atoms with Crippen molar-refractivity contribution in [3.05, 3.63) is 42.5 Å². The van der Waals surface area contributed by atoms with Gasteiger partial charge in [0, 0.05) is 47.8 Å². The minimum atomic E-state index is -0.865. The molecule has 0 aromatic heterocycles. The third-order valence-corrected chi connectivity index (χ3v) is 4.06. The highest BCUT2D eigenvalue weighted by Gasteiger charge is 2.15. The van der Waals surface area contributed by atoms with Gasteiger partial charge in [-0.1, -0.05) is 18.2 Å². The van der Waals surface area contributed by atoms with Gasteiger partial charge in [0.15, 0.2) is 0 Å². The smallest absolute Gasteiger partial charge is 0.0942 e. The molecule has 0 aliphatic carbocycles. The predicted molar refractivity (Wildman–Crippen MR) is 104 cm³/mol. The van der Waals surface area contributed by atoms with Gasteiger partial charge in [-0.3, -0.25) is 0 Å². The molecule has 2 aromatic rings. The van der Waals surface area contributed by atoms with Crippen LogP contribution in [0.4, 0.5) is 17.1 Å². The molecular weight excluding hydrogens is 334 g/mol. The van der Waals surface area contributed by atoms with Crippen LogP contribution < -0.4 is 16.0 Å². The average molecular weight is 361 g/mol. The van der Waals surface area contributed by atoms with E-state index in [9.17, 15) is 15.3 Å². The summed E-state index contributed by atoms with van der Waals surface area (Å²) < 4.78 is 0. The zero-order valence-electron chi connectivity index (χ0n) is 14.7. The van der Waals surface area contributed by atoms with Gasteiger partial charge >= 0.3 is 0 Å². The minimum absolute atomic E-state index is 0.0287. The Morgan fingerprint density at radius 3 is 2.31 bits per heavy atom. The number of aliphatic hydroxyl groups is 4. The fraction of sp³-hybridized carbons (Fsp3) is 0.368. The van der Waals surface area contributed by atoms with Gasteiger partial charge in [-0.2, -0.15) is 0 Å². The van der Waals surface area contributed by atoms with Gasteiger partial charge in [0.1, 0.15) is 0 Å². The number of nitrogen functional groups attached to an aromatic ring is 1. The first-order valence-corrected chi connectivity index (χ1v) is 8.59. The zero-order chi connectivity index (χ0) is 18.9. The molecule has 0 radical (unpaired) electrons. The van der Waals surface area contributed by atoms with E-state index in [0.717, 1.165) is 22.5 Å². The van der Waals surface area contributed by atoms with Gasteiger partial charge in [-0.25, -0.2) is 0 Å². The molecule has 2 aromatic carbocycles. The second kappa shape index (κ2) is 9.98. The molecule has 0 bridgehead atoms. The molecule has 1 atom stereocenters. The molecule has 0 amide bonds. The average Bonchev–Trinajstić information content (AvgIpc) is 2.66. The Bertz CT molecular complexity index is 690. The van der Waals surface area contributed by atoms with Crippen molar-refractivity contribution in [2.45, 2.75) is 6.10 Å². The fourth-order valence-electron chi connectivity index (χ4n) is 2.80. The lowest BCUT2D eigenvalue weighted by Gasteiger charge is -2.26. The third-order valence-electron chi connectivity index (χ3n) is 4.06. The number of benzene rings is 2. The molecule has 0 aliphatic rings. The van der Waals surface area contributed by atoms with Crippen molar-refractivity contribution < 1.29 is 20.4 Å². The van der Waals surface area contributed by atoms with Crippen molar-refractivity contribution >= 4 is 17.1 Å². The van der Waals surface area contributed by atoms with E-state index >= 15 is 0 Å². The van der Waals surface area contributed by atoms with Gasteiger partial charge in [-0.05, 0) is 24.3 Å². The van der Waals surface area contributed by atoms with Crippen molar-refractivity contribution in [2.75, 3.05) is 55.4 Å². The number of aliphatic hydroxyl groups excluding tert-OH is 4. The normalized spacial score (nSPS) is 12.0. The predicted octanol–water partition coefficient (Wildman–Crippen LogP) is 0.492. The van der Waals surface area contributed by atoms with E-state index in [0.29, 0.717) is 18.8 Å². The quantitative estimate of drug-likeness (QED) is 0.341. The maximum absolute atomic E-state index is 9.62. The van der Waals surface area contributed by atoms with Gasteiger partial charge < -0.3 is 36.4 Å². The number of hydrogen-bond acceptors (Lipinski definition) is 7. The molecule has 0 heterocycles. The molecule has 0 saturated heterocycles. The van der Waals surface area contributed by atoms with Crippen LogP contribution in [-0.4, -0.2) is 66.0 Å². The van der Waals surface area contributed by atoms with E-state index in [1.54, 1.807) is 6.07 Å². The molecule has 7 heteroatoms. The summed E-state index contributed by atoms with van der Waals surface area (Å²) in [5.41, 5.74) is 9.94. The Balaban J connectivity index is 2.45. The van der Waals surface area contributed by atoms with Crippen LogP contribution in [0.1, 0.15) is 0 Å². The van der Waals surface area contributed by atoms with Crippen molar-refractivity contribution in [1.29, 1.82) is 0 Å². The van der Waals surface area contributed by atoms with Crippen LogP contribution in [0.15, 0.2) is 42.5 Å². The van der Waals surface area contributed by atoms with Crippen LogP contribution in [0.25, 0.3) is 11.1 Å². The number of rotatable bonds is 10. The zero-order valence-corrected chi connectivity index (χ0v) is 14.7. The summed E-state index contributed by atoms with van der Waals surface area (Å²) >= 11 is 0. The molecule has 0 aliphatic heterocycles. The number of nitrogens with one attached hydrogen (secondary N) is 1. The van der Waals surface area contributed by atoms with Crippen LogP contribution in [0.3, 0.4) is 0 Å². The summed E-state index contributed by atoms with van der Waals surface area (Å²) in [5, 5.41) is 40.5. The molecule has 0 spiro atoms. The Kier molecular flexibility index (Phi) is 7.68. The SMILES string of the molecule is Nc1ccc(NCC(O)CO)c(-c2ccccc2N(CCO)CCO)c1. The molecular formula is C19H27N3O4. The van der Waals surface area contributed by atoms with Crippen LogP contribution in [-0.2, 0) is 0 Å². The first-order valence-electron chi connectivity index (χ1n) is 8.59. The standard InChI is InChI=1S/C19H27N3O4/c20-14-5-6-18(21-12-15(26)13-25)17(11-14)16-3-1-2-4-19(16)22(7-9-23)8-10-24/h1-6,11,15,21,23-26H,7-10,12-13,20H2. The molecule has 7 nitrogen and oxygen atoms in total. The Morgan fingerprint density at radius 1 is 0.962 bits per heavy atom. The number of anilines is 3. The maximum Gasteiger partial charge on any atom is 0.0942 e. The summed E-state index contributed by atoms with van der Waals surface area (Å²) in [6.45, 7) is 0.608. The largest absolute Gasteiger partial charge is 0.399 e. The molecule has 0 saturated carbocycles. The van der Waals surface area contributed by atoms with Crippen molar-refractivity contribution in [3.8, 4) is 11.1 Å². The van der Waals surface area contributed by atoms with Gasteiger partial charge in [0.2, 0.25) is 0 Å². The van der Waals surface area contributed by atoms with Gasteiger partial charge in [0.25, 0.3) is 0 Å². The van der Waals surface area contributed by atoms with Crippen LogP contribution in [0, 0.1) is 0 Å². The lowest BCUT2D eigenvalue weighted by atomic mass is 10.00. The Morgan fingerprint density at radius 2 is 1.65 bits per heavy atom. The highest BCUT2D eigenvalue weighted by molar-refractivity contribution is 5.88. The van der Waals surface area contributed by atoms with E-state index in [4.69, 9.17) is 10.8 Å². The maximum atomic E-state index is 9.62. The number of nitrogens with zero attached hydrogens (tertiary/aromatic N) is 1. The van der Waals surface area contributed by atoms with Gasteiger partial charge in [0.05, 0.1) is 25.9 Å². The van der Waals surface area contributed by atoms with Crippen LogP contribution >= 0.6 is 0 Å². The van der Waals surface area contributed by atoms with Crippen LogP contribution in [0.5, 0.6) is 0 Å². The fourth-order valence-corrected chi connectivity index (χ4v) is 2.80. The monoisotopic (exact) mass is 361 g/mol. The minimum Gasteiger partial charge on any atom is -0.399 e. The van der Waals surface area contributed by atoms with E-state index in [1.807, 2.05) is 41.3 Å². The highest BCUT2D eigenvalue weighted by atomic mass is 16.3. The van der Waals surface area contributed by atoms with Crippen molar-refractivity contribution in [1.82, 2.24) is 0 Å². The van der Waals surface area contributed by atoms with Gasteiger partial charge in [-0.15, -0.1) is 0 Å². The number of nitrogens with two attached hydrogens (primary N) is 1. The first kappa shape index (κ1) is 20.0. The Hall–Kier alpha value is -2.32. The summed E-state index contributed by atoms with van der Waals surface area (Å²) in [4.78, 5) is 1.91.